The number of hydrogen-bond acceptors (Lipinski definition) is 5. The van der Waals surface area contributed by atoms with E-state index in [-0.39, 0.29) is 12.8 Å². The van der Waals surface area contributed by atoms with Gasteiger partial charge in [-0.25, -0.2) is 0 Å². The Morgan fingerprint density at radius 1 is 1.10 bits per heavy atom. The molecule has 5 nitrogen and oxygen atoms in total. The summed E-state index contributed by atoms with van der Waals surface area (Å²) < 4.78 is 9.42. The maximum atomic E-state index is 12.0. The Bertz CT molecular complexity index is 433. The monoisotopic (exact) mass is 280 g/mol. The maximum absolute atomic E-state index is 12.0. The summed E-state index contributed by atoms with van der Waals surface area (Å²) in [6, 6.07) is 0. The molecule has 0 aliphatic carbocycles. The molecule has 0 fully saturated rings. The van der Waals surface area contributed by atoms with Crippen LogP contribution in [0.1, 0.15) is 26.7 Å². The SMILES string of the molecule is COC(=O)C(CC=C=C(C)C)(C/C=C\C=O)C(=O)OC. The van der Waals surface area contributed by atoms with Gasteiger partial charge in [0.2, 0.25) is 0 Å². The fraction of sp³-hybridized carbons (Fsp3) is 0.467. The Hall–Kier alpha value is -2.13. The fourth-order valence-corrected chi connectivity index (χ4v) is 1.64. The van der Waals surface area contributed by atoms with Crippen molar-refractivity contribution in [1.29, 1.82) is 0 Å². The van der Waals surface area contributed by atoms with Crippen LogP contribution < -0.4 is 0 Å². The Morgan fingerprint density at radius 3 is 2.05 bits per heavy atom. The minimum atomic E-state index is -1.49. The van der Waals surface area contributed by atoms with Crippen LogP contribution in [-0.4, -0.2) is 32.4 Å². The van der Waals surface area contributed by atoms with Crippen LogP contribution in [0.4, 0.5) is 0 Å². The van der Waals surface area contributed by atoms with Crippen LogP contribution >= 0.6 is 0 Å². The average molecular weight is 280 g/mol. The number of allylic oxidation sites excluding steroid dienone is 3. The quantitative estimate of drug-likeness (QED) is 0.234. The van der Waals surface area contributed by atoms with Gasteiger partial charge < -0.3 is 9.47 Å². The highest BCUT2D eigenvalue weighted by Crippen LogP contribution is 2.31. The van der Waals surface area contributed by atoms with Gasteiger partial charge in [-0.15, -0.1) is 5.73 Å². The third kappa shape index (κ3) is 4.86. The molecule has 0 aliphatic rings. The molecule has 0 rings (SSSR count). The molecule has 0 aromatic heterocycles. The van der Waals surface area contributed by atoms with Gasteiger partial charge in [-0.05, 0) is 44.4 Å². The van der Waals surface area contributed by atoms with E-state index in [0.717, 1.165) is 5.57 Å². The first kappa shape index (κ1) is 17.9. The van der Waals surface area contributed by atoms with E-state index in [1.165, 1.54) is 26.4 Å². The maximum Gasteiger partial charge on any atom is 0.323 e. The van der Waals surface area contributed by atoms with Gasteiger partial charge in [0, 0.05) is 0 Å². The Morgan fingerprint density at radius 2 is 1.65 bits per heavy atom. The molecular formula is C15H20O5. The lowest BCUT2D eigenvalue weighted by Crippen LogP contribution is -2.40. The molecule has 0 aliphatic heterocycles. The molecule has 110 valence electrons. The van der Waals surface area contributed by atoms with Crippen LogP contribution in [0.2, 0.25) is 0 Å². The van der Waals surface area contributed by atoms with E-state index in [0.29, 0.717) is 6.29 Å². The zero-order valence-electron chi connectivity index (χ0n) is 12.3. The molecule has 0 atom stereocenters. The van der Waals surface area contributed by atoms with E-state index in [1.807, 2.05) is 13.8 Å². The highest BCUT2D eigenvalue weighted by atomic mass is 16.5. The molecular weight excluding hydrogens is 260 g/mol. The van der Waals surface area contributed by atoms with E-state index >= 15 is 0 Å². The summed E-state index contributed by atoms with van der Waals surface area (Å²) in [4.78, 5) is 34.3. The van der Waals surface area contributed by atoms with Crippen molar-refractivity contribution in [3.05, 3.63) is 29.5 Å². The minimum absolute atomic E-state index is 0.0199. The average Bonchev–Trinajstić information content (AvgIpc) is 2.43. The van der Waals surface area contributed by atoms with Crippen LogP contribution in [-0.2, 0) is 23.9 Å². The standard InChI is InChI=1S/C15H20O5/c1-12(2)8-7-10-15(13(17)19-3,14(18)20-4)9-5-6-11-16/h5-7,11H,9-10H2,1-4H3/b6-5-. The molecule has 0 aromatic carbocycles. The summed E-state index contributed by atoms with van der Waals surface area (Å²) in [5, 5.41) is 0. The van der Waals surface area contributed by atoms with Gasteiger partial charge in [-0.1, -0.05) is 6.08 Å². The van der Waals surface area contributed by atoms with E-state index in [1.54, 1.807) is 6.08 Å². The van der Waals surface area contributed by atoms with Gasteiger partial charge in [0.25, 0.3) is 0 Å². The van der Waals surface area contributed by atoms with Crippen molar-refractivity contribution in [3.8, 4) is 0 Å². The molecule has 0 radical (unpaired) electrons. The van der Waals surface area contributed by atoms with Gasteiger partial charge in [0.1, 0.15) is 6.29 Å². The second-order valence-corrected chi connectivity index (χ2v) is 4.39. The predicted molar refractivity (Wildman–Crippen MR) is 73.8 cm³/mol. The number of carbonyl (C=O) groups excluding carboxylic acids is 3. The summed E-state index contributed by atoms with van der Waals surface area (Å²) in [5.41, 5.74) is 2.35. The van der Waals surface area contributed by atoms with Crippen molar-refractivity contribution in [2.45, 2.75) is 26.7 Å². The topological polar surface area (TPSA) is 69.7 Å². The van der Waals surface area contributed by atoms with Gasteiger partial charge >= 0.3 is 11.9 Å². The second-order valence-electron chi connectivity index (χ2n) is 4.39. The van der Waals surface area contributed by atoms with Crippen molar-refractivity contribution in [3.63, 3.8) is 0 Å². The normalized spacial score (nSPS) is 10.6. The highest BCUT2D eigenvalue weighted by Gasteiger charge is 2.46. The van der Waals surface area contributed by atoms with Crippen molar-refractivity contribution >= 4 is 18.2 Å². The molecule has 0 spiro atoms. The van der Waals surface area contributed by atoms with Crippen LogP contribution in [0.15, 0.2) is 29.5 Å². The smallest absolute Gasteiger partial charge is 0.323 e. The van der Waals surface area contributed by atoms with Gasteiger partial charge in [-0.3, -0.25) is 14.4 Å². The Balaban J connectivity index is 5.59. The lowest BCUT2D eigenvalue weighted by molar-refractivity contribution is -0.168. The van der Waals surface area contributed by atoms with Gasteiger partial charge in [0.15, 0.2) is 5.41 Å². The first-order chi connectivity index (χ1) is 9.44. The van der Waals surface area contributed by atoms with E-state index in [4.69, 9.17) is 9.47 Å². The molecule has 5 heteroatoms. The lowest BCUT2D eigenvalue weighted by atomic mass is 9.80. The molecule has 0 N–H and O–H groups in total. The molecule has 0 unspecified atom stereocenters. The van der Waals surface area contributed by atoms with Crippen LogP contribution in [0, 0.1) is 5.41 Å². The summed E-state index contributed by atoms with van der Waals surface area (Å²) in [6.07, 6.45) is 4.94. The summed E-state index contributed by atoms with van der Waals surface area (Å²) in [6.45, 7) is 3.70. The summed E-state index contributed by atoms with van der Waals surface area (Å²) in [5.74, 6) is -1.40. The van der Waals surface area contributed by atoms with Crippen LogP contribution in [0.3, 0.4) is 0 Å². The summed E-state index contributed by atoms with van der Waals surface area (Å²) in [7, 11) is 2.40. The van der Waals surface area contributed by atoms with Gasteiger partial charge in [-0.2, -0.15) is 0 Å². The van der Waals surface area contributed by atoms with E-state index in [2.05, 4.69) is 5.73 Å². The largest absolute Gasteiger partial charge is 0.468 e. The molecule has 0 saturated heterocycles. The van der Waals surface area contributed by atoms with Crippen molar-refractivity contribution in [2.24, 2.45) is 5.41 Å². The number of hydrogen-bond donors (Lipinski definition) is 0. The number of methoxy groups -OCH3 is 2. The molecule has 20 heavy (non-hydrogen) atoms. The zero-order valence-corrected chi connectivity index (χ0v) is 12.3. The molecule has 0 aromatic rings. The highest BCUT2D eigenvalue weighted by molar-refractivity contribution is 6.00. The lowest BCUT2D eigenvalue weighted by Gasteiger charge is -2.25. The number of ether oxygens (including phenoxy) is 2. The second kappa shape index (κ2) is 8.88. The molecule has 0 amide bonds. The van der Waals surface area contributed by atoms with Gasteiger partial charge in [0.05, 0.1) is 14.2 Å². The molecule has 0 saturated carbocycles. The molecule has 0 bridgehead atoms. The predicted octanol–water partition coefficient (Wildman–Crippen LogP) is 1.98. The first-order valence-electron chi connectivity index (χ1n) is 6.10. The fourth-order valence-electron chi connectivity index (χ4n) is 1.64. The van der Waals surface area contributed by atoms with Crippen LogP contribution in [0.5, 0.6) is 0 Å². The minimum Gasteiger partial charge on any atom is -0.468 e. The Labute approximate surface area is 118 Å². The third-order valence-electron chi connectivity index (χ3n) is 2.67. The Kier molecular flexibility index (Phi) is 7.94. The summed E-state index contributed by atoms with van der Waals surface area (Å²) >= 11 is 0. The third-order valence-corrected chi connectivity index (χ3v) is 2.67. The number of carbonyl (C=O) groups is 3. The number of rotatable bonds is 7. The number of esters is 2. The first-order valence-corrected chi connectivity index (χ1v) is 6.10. The van der Waals surface area contributed by atoms with Crippen molar-refractivity contribution < 1.29 is 23.9 Å². The zero-order chi connectivity index (χ0) is 15.6. The van der Waals surface area contributed by atoms with E-state index < -0.39 is 17.4 Å². The molecule has 0 heterocycles. The van der Waals surface area contributed by atoms with Crippen molar-refractivity contribution in [1.82, 2.24) is 0 Å². The van der Waals surface area contributed by atoms with Crippen molar-refractivity contribution in [2.75, 3.05) is 14.2 Å². The van der Waals surface area contributed by atoms with E-state index in [9.17, 15) is 14.4 Å². The number of aldehydes is 1. The van der Waals surface area contributed by atoms with Crippen LogP contribution in [0.25, 0.3) is 0 Å².